The van der Waals surface area contributed by atoms with Crippen LogP contribution in [0.3, 0.4) is 0 Å². The molecule has 0 atom stereocenters. The van der Waals surface area contributed by atoms with Crippen LogP contribution in [0.5, 0.6) is 0 Å². The molecular weight excluding hydrogens is 256 g/mol. The van der Waals surface area contributed by atoms with Gasteiger partial charge >= 0.3 is 6.09 Å². The van der Waals surface area contributed by atoms with Gasteiger partial charge in [-0.15, -0.1) is 0 Å². The summed E-state index contributed by atoms with van der Waals surface area (Å²) in [5, 5.41) is 6.85. The third-order valence-corrected chi connectivity index (χ3v) is 4.97. The number of nitrogens with zero attached hydrogens (tertiary/aromatic N) is 3. The number of fused-ring (bicyclic) bond motifs is 3. The largest absolute Gasteiger partial charge is 0.450 e. The zero-order valence-corrected chi connectivity index (χ0v) is 12.2. The van der Waals surface area contributed by atoms with Crippen LogP contribution in [0.1, 0.15) is 58.3 Å². The second kappa shape index (κ2) is 6.35. The minimum atomic E-state index is -0.275. The van der Waals surface area contributed by atoms with Gasteiger partial charge in [0.25, 0.3) is 0 Å². The molecule has 3 aliphatic carbocycles. The molecule has 2 bridgehead atoms. The quantitative estimate of drug-likeness (QED) is 0.346. The molecule has 6 heteroatoms. The number of hydrogen-bond donors (Lipinski definition) is 1. The molecule has 0 saturated heterocycles. The summed E-state index contributed by atoms with van der Waals surface area (Å²) in [6, 6.07) is 0. The Bertz CT molecular complexity index is 379. The van der Waals surface area contributed by atoms with Crippen LogP contribution in [-0.2, 0) is 4.74 Å². The maximum absolute atomic E-state index is 11.8. The Morgan fingerprint density at radius 3 is 2.50 bits per heavy atom. The number of hydrogen-bond acceptors (Lipinski definition) is 3. The number of unbranched alkanes of at least 4 members (excludes halogenated alkanes) is 1. The number of carbonyl (C=O) groups is 1. The molecule has 3 fully saturated rings. The number of amides is 1. The topological polar surface area (TPSA) is 87.1 Å². The molecule has 0 radical (unpaired) electrons. The van der Waals surface area contributed by atoms with Crippen molar-refractivity contribution in [2.24, 2.45) is 10.5 Å². The molecule has 0 spiro atoms. The Hall–Kier alpha value is -1.42. The van der Waals surface area contributed by atoms with E-state index in [1.165, 1.54) is 0 Å². The first kappa shape index (κ1) is 15.0. The monoisotopic (exact) mass is 280 g/mol. The molecule has 3 rings (SSSR count). The van der Waals surface area contributed by atoms with Crippen molar-refractivity contribution in [2.75, 3.05) is 13.2 Å². The van der Waals surface area contributed by atoms with Crippen molar-refractivity contribution in [1.82, 2.24) is 5.32 Å². The Balaban J connectivity index is 1.84. The van der Waals surface area contributed by atoms with Crippen LogP contribution in [0.2, 0.25) is 0 Å². The van der Waals surface area contributed by atoms with Gasteiger partial charge in [-0.25, -0.2) is 4.79 Å². The normalized spacial score (nSPS) is 31.4. The molecule has 6 nitrogen and oxygen atoms in total. The van der Waals surface area contributed by atoms with Gasteiger partial charge in [-0.1, -0.05) is 18.5 Å². The number of carbonyl (C=O) groups excluding carboxylic acids is 1. The highest BCUT2D eigenvalue weighted by Gasteiger charge is 2.49. The SMILES string of the molecule is CCCCOC(=O)NC12CCC(CN=[N+]=[N-])(CC1)CC2. The first-order valence-corrected chi connectivity index (χ1v) is 7.60. The van der Waals surface area contributed by atoms with Crippen molar-refractivity contribution >= 4 is 6.09 Å². The van der Waals surface area contributed by atoms with E-state index in [1.54, 1.807) is 0 Å². The van der Waals surface area contributed by atoms with E-state index in [2.05, 4.69) is 22.3 Å². The lowest BCUT2D eigenvalue weighted by atomic mass is 9.57. The fraction of sp³-hybridized carbons (Fsp3) is 0.929. The summed E-state index contributed by atoms with van der Waals surface area (Å²) in [4.78, 5) is 14.7. The molecule has 20 heavy (non-hydrogen) atoms. The molecule has 1 amide bonds. The fourth-order valence-corrected chi connectivity index (χ4v) is 3.43. The van der Waals surface area contributed by atoms with Crippen LogP contribution in [-0.4, -0.2) is 24.8 Å². The summed E-state index contributed by atoms with van der Waals surface area (Å²) in [6.45, 7) is 3.17. The van der Waals surface area contributed by atoms with Crippen LogP contribution in [0.4, 0.5) is 4.79 Å². The van der Waals surface area contributed by atoms with Crippen LogP contribution in [0.25, 0.3) is 10.4 Å². The number of alkyl carbamates (subject to hydrolysis) is 1. The van der Waals surface area contributed by atoms with E-state index in [0.717, 1.165) is 51.4 Å². The van der Waals surface area contributed by atoms with Crippen LogP contribution in [0, 0.1) is 5.41 Å². The van der Waals surface area contributed by atoms with Crippen molar-refractivity contribution in [3.63, 3.8) is 0 Å². The maximum Gasteiger partial charge on any atom is 0.407 e. The molecule has 3 saturated carbocycles. The van der Waals surface area contributed by atoms with E-state index in [4.69, 9.17) is 10.3 Å². The van der Waals surface area contributed by atoms with Gasteiger partial charge in [-0.3, -0.25) is 0 Å². The average molecular weight is 280 g/mol. The molecule has 1 N–H and O–H groups in total. The zero-order chi connectivity index (χ0) is 14.5. The highest BCUT2D eigenvalue weighted by atomic mass is 16.5. The van der Waals surface area contributed by atoms with Crippen molar-refractivity contribution in [3.8, 4) is 0 Å². The molecule has 112 valence electrons. The Morgan fingerprint density at radius 2 is 1.95 bits per heavy atom. The minimum Gasteiger partial charge on any atom is -0.450 e. The zero-order valence-electron chi connectivity index (χ0n) is 12.2. The van der Waals surface area contributed by atoms with Crippen LogP contribution < -0.4 is 5.32 Å². The van der Waals surface area contributed by atoms with Gasteiger partial charge in [-0.05, 0) is 55.9 Å². The third kappa shape index (κ3) is 3.37. The molecule has 0 aromatic rings. The van der Waals surface area contributed by atoms with Crippen molar-refractivity contribution in [3.05, 3.63) is 10.4 Å². The van der Waals surface area contributed by atoms with Crippen molar-refractivity contribution in [2.45, 2.75) is 63.8 Å². The second-order valence-electron chi connectivity index (χ2n) is 6.28. The third-order valence-electron chi connectivity index (χ3n) is 4.97. The van der Waals surface area contributed by atoms with E-state index >= 15 is 0 Å². The highest BCUT2D eigenvalue weighted by Crippen LogP contribution is 2.52. The second-order valence-corrected chi connectivity index (χ2v) is 6.28. The predicted molar refractivity (Wildman–Crippen MR) is 76.3 cm³/mol. The Kier molecular flexibility index (Phi) is 4.76. The molecule has 0 aromatic carbocycles. The number of nitrogens with one attached hydrogen (secondary N) is 1. The summed E-state index contributed by atoms with van der Waals surface area (Å²) >= 11 is 0. The number of ether oxygens (including phenoxy) is 1. The summed E-state index contributed by atoms with van der Waals surface area (Å²) < 4.78 is 5.20. The Labute approximate surface area is 119 Å². The molecule has 0 aliphatic heterocycles. The minimum absolute atomic E-state index is 0.0819. The summed E-state index contributed by atoms with van der Waals surface area (Å²) in [5.41, 5.74) is 8.58. The van der Waals surface area contributed by atoms with Crippen LogP contribution >= 0.6 is 0 Å². The Morgan fingerprint density at radius 1 is 1.30 bits per heavy atom. The summed E-state index contributed by atoms with van der Waals surface area (Å²) in [5.74, 6) is 0. The van der Waals surface area contributed by atoms with E-state index in [1.807, 2.05) is 0 Å². The average Bonchev–Trinajstić information content (AvgIpc) is 2.47. The molecule has 0 heterocycles. The van der Waals surface area contributed by atoms with Gasteiger partial charge in [0.2, 0.25) is 0 Å². The number of azide groups is 1. The maximum atomic E-state index is 11.8. The summed E-state index contributed by atoms with van der Waals surface area (Å²) in [7, 11) is 0. The van der Waals surface area contributed by atoms with E-state index in [0.29, 0.717) is 13.2 Å². The predicted octanol–water partition coefficient (Wildman–Crippen LogP) is 3.92. The van der Waals surface area contributed by atoms with Gasteiger partial charge in [0.15, 0.2) is 0 Å². The lowest BCUT2D eigenvalue weighted by Crippen LogP contribution is -2.57. The van der Waals surface area contributed by atoms with Crippen LogP contribution in [0.15, 0.2) is 5.11 Å². The first-order chi connectivity index (χ1) is 9.64. The van der Waals surface area contributed by atoms with Gasteiger partial charge in [-0.2, -0.15) is 0 Å². The highest BCUT2D eigenvalue weighted by molar-refractivity contribution is 5.68. The number of rotatable bonds is 6. The first-order valence-electron chi connectivity index (χ1n) is 7.60. The van der Waals surface area contributed by atoms with E-state index < -0.39 is 0 Å². The lowest BCUT2D eigenvalue weighted by Gasteiger charge is -2.53. The van der Waals surface area contributed by atoms with Gasteiger partial charge in [0, 0.05) is 17.0 Å². The van der Waals surface area contributed by atoms with Gasteiger partial charge in [0.05, 0.1) is 6.61 Å². The lowest BCUT2D eigenvalue weighted by molar-refractivity contribution is 0.0265. The molecular formula is C14H24N4O2. The fourth-order valence-electron chi connectivity index (χ4n) is 3.43. The van der Waals surface area contributed by atoms with Gasteiger partial charge in [0.1, 0.15) is 0 Å². The molecule has 3 aliphatic rings. The van der Waals surface area contributed by atoms with Crippen molar-refractivity contribution < 1.29 is 9.53 Å². The molecule has 0 unspecified atom stereocenters. The van der Waals surface area contributed by atoms with Gasteiger partial charge < -0.3 is 10.1 Å². The van der Waals surface area contributed by atoms with E-state index in [-0.39, 0.29) is 17.0 Å². The summed E-state index contributed by atoms with van der Waals surface area (Å²) in [6.07, 6.45) is 7.66. The van der Waals surface area contributed by atoms with Crippen molar-refractivity contribution in [1.29, 1.82) is 0 Å². The molecule has 0 aromatic heterocycles. The standard InChI is InChI=1S/C14H24N4O2/c1-2-3-10-20-12(19)17-14-7-4-13(5-8-14,6-9-14)11-16-18-15/h2-11H2,1H3,(H,17,19). The smallest absolute Gasteiger partial charge is 0.407 e. The van der Waals surface area contributed by atoms with E-state index in [9.17, 15) is 4.79 Å².